The minimum Gasteiger partial charge on any atom is -0.452 e. The fourth-order valence-corrected chi connectivity index (χ4v) is 5.67. The highest BCUT2D eigenvalue weighted by molar-refractivity contribution is 6.33. The summed E-state index contributed by atoms with van der Waals surface area (Å²) in [6, 6.07) is 15.3. The summed E-state index contributed by atoms with van der Waals surface area (Å²) in [5, 5.41) is 0.719. The Labute approximate surface area is 232 Å². The summed E-state index contributed by atoms with van der Waals surface area (Å²) in [4.78, 5) is 54.4. The molecular weight excluding hydrogens is 541 g/mol. The zero-order chi connectivity index (χ0) is 27.3. The molecule has 2 heterocycles. The Morgan fingerprint density at radius 1 is 0.846 bits per heavy atom. The first-order chi connectivity index (χ1) is 18.8. The van der Waals surface area contributed by atoms with Gasteiger partial charge < -0.3 is 9.15 Å². The molecule has 0 atom stereocenters. The van der Waals surface area contributed by atoms with Gasteiger partial charge in [0.25, 0.3) is 11.8 Å². The lowest BCUT2D eigenvalue weighted by Crippen LogP contribution is -2.40. The first-order valence-corrected chi connectivity index (χ1v) is 13.3. The number of rotatable bonds is 4. The molecule has 6 rings (SSSR count). The zero-order valence-electron chi connectivity index (χ0n) is 20.5. The van der Waals surface area contributed by atoms with E-state index < -0.39 is 17.3 Å². The summed E-state index contributed by atoms with van der Waals surface area (Å²) in [5.41, 5.74) is 0.383. The largest absolute Gasteiger partial charge is 0.452 e. The quantitative estimate of drug-likeness (QED) is 0.198. The van der Waals surface area contributed by atoms with Gasteiger partial charge in [-0.3, -0.25) is 19.3 Å². The second kappa shape index (κ2) is 9.98. The van der Waals surface area contributed by atoms with Gasteiger partial charge in [-0.25, -0.2) is 4.79 Å². The topological polar surface area (TPSA) is 93.9 Å². The molecule has 196 valence electrons. The molecule has 2 aliphatic rings. The van der Waals surface area contributed by atoms with Crippen molar-refractivity contribution in [3.63, 3.8) is 0 Å². The molecule has 1 saturated carbocycles. The van der Waals surface area contributed by atoms with Crippen molar-refractivity contribution in [1.82, 2.24) is 4.90 Å². The van der Waals surface area contributed by atoms with E-state index in [-0.39, 0.29) is 56.1 Å². The van der Waals surface area contributed by atoms with E-state index in [1.54, 1.807) is 36.4 Å². The maximum atomic E-state index is 13.5. The van der Waals surface area contributed by atoms with Gasteiger partial charge in [0.05, 0.1) is 27.1 Å². The summed E-state index contributed by atoms with van der Waals surface area (Å²) < 4.78 is 11.6. The molecule has 9 heteroatoms. The Balaban J connectivity index is 1.39. The van der Waals surface area contributed by atoms with Crippen LogP contribution in [0.2, 0.25) is 10.0 Å². The van der Waals surface area contributed by atoms with E-state index in [9.17, 15) is 19.2 Å². The van der Waals surface area contributed by atoms with Gasteiger partial charge in [0.15, 0.2) is 5.76 Å². The summed E-state index contributed by atoms with van der Waals surface area (Å²) in [6.45, 7) is 0. The van der Waals surface area contributed by atoms with Crippen LogP contribution in [0, 0.1) is 0 Å². The number of amides is 2. The molecule has 2 amide bonds. The Hall–Kier alpha value is -3.94. The number of carbonyl (C=O) groups excluding carboxylic acids is 3. The fraction of sp³-hybridized carbons (Fsp3) is 0.200. The fourth-order valence-electron chi connectivity index (χ4n) is 5.27. The molecule has 4 aromatic rings. The van der Waals surface area contributed by atoms with E-state index in [0.717, 1.165) is 32.1 Å². The van der Waals surface area contributed by atoms with Crippen LogP contribution in [-0.2, 0) is 0 Å². The molecule has 39 heavy (non-hydrogen) atoms. The molecule has 0 radical (unpaired) electrons. The van der Waals surface area contributed by atoms with Gasteiger partial charge >= 0.3 is 5.97 Å². The number of benzene rings is 3. The molecule has 0 bridgehead atoms. The summed E-state index contributed by atoms with van der Waals surface area (Å²) >= 11 is 12.5. The summed E-state index contributed by atoms with van der Waals surface area (Å²) in [5.74, 6) is -2.06. The van der Waals surface area contributed by atoms with Crippen molar-refractivity contribution in [1.29, 1.82) is 0 Å². The molecular formula is C30H21Cl2NO6. The average Bonchev–Trinajstić information content (AvgIpc) is 3.20. The van der Waals surface area contributed by atoms with Gasteiger partial charge in [-0.1, -0.05) is 54.6 Å². The van der Waals surface area contributed by atoms with Crippen molar-refractivity contribution in [2.45, 2.75) is 38.1 Å². The average molecular weight is 562 g/mol. The molecule has 0 spiro atoms. The van der Waals surface area contributed by atoms with Crippen molar-refractivity contribution >= 4 is 52.0 Å². The van der Waals surface area contributed by atoms with Gasteiger partial charge in [-0.05, 0) is 61.4 Å². The monoisotopic (exact) mass is 561 g/mol. The summed E-state index contributed by atoms with van der Waals surface area (Å²) in [7, 11) is 0. The minimum atomic E-state index is -0.892. The number of ether oxygens (including phenoxy) is 1. The number of halogens is 2. The molecule has 0 saturated heterocycles. The van der Waals surface area contributed by atoms with Crippen molar-refractivity contribution in [3.05, 3.63) is 97.6 Å². The van der Waals surface area contributed by atoms with E-state index in [4.69, 9.17) is 32.4 Å². The second-order valence-electron chi connectivity index (χ2n) is 9.63. The van der Waals surface area contributed by atoms with Crippen LogP contribution in [0.25, 0.3) is 22.3 Å². The lowest BCUT2D eigenvalue weighted by Gasteiger charge is -2.29. The van der Waals surface area contributed by atoms with Crippen molar-refractivity contribution < 1.29 is 23.5 Å². The maximum absolute atomic E-state index is 13.5. The predicted molar refractivity (Wildman–Crippen MR) is 147 cm³/mol. The number of esters is 1. The normalized spacial score (nSPS) is 15.6. The molecule has 3 aromatic carbocycles. The van der Waals surface area contributed by atoms with Crippen molar-refractivity contribution in [2.75, 3.05) is 0 Å². The van der Waals surface area contributed by atoms with Crippen molar-refractivity contribution in [3.8, 4) is 17.1 Å². The van der Waals surface area contributed by atoms with E-state index in [1.807, 2.05) is 0 Å². The number of carbonyl (C=O) groups is 3. The zero-order valence-corrected chi connectivity index (χ0v) is 22.1. The van der Waals surface area contributed by atoms with Crippen LogP contribution in [0.4, 0.5) is 0 Å². The predicted octanol–water partition coefficient (Wildman–Crippen LogP) is 6.91. The van der Waals surface area contributed by atoms with Gasteiger partial charge in [0, 0.05) is 16.6 Å². The van der Waals surface area contributed by atoms with Gasteiger partial charge in [-0.2, -0.15) is 0 Å². The van der Waals surface area contributed by atoms with E-state index in [1.165, 1.54) is 29.2 Å². The van der Waals surface area contributed by atoms with Crippen LogP contribution in [0.5, 0.6) is 5.75 Å². The Morgan fingerprint density at radius 2 is 1.59 bits per heavy atom. The SMILES string of the molecule is O=C(Oc1c(-c2ccccc2Cl)oc2ccc(Cl)cc2c1=O)c1ccc2c(c1)C(=O)N(C1CCCCC1)C2=O. The van der Waals surface area contributed by atoms with Crippen LogP contribution in [0.1, 0.15) is 63.2 Å². The van der Waals surface area contributed by atoms with Crippen molar-refractivity contribution in [2.24, 2.45) is 0 Å². The highest BCUT2D eigenvalue weighted by Gasteiger charge is 2.40. The molecule has 1 aliphatic carbocycles. The maximum Gasteiger partial charge on any atom is 0.343 e. The van der Waals surface area contributed by atoms with E-state index >= 15 is 0 Å². The minimum absolute atomic E-state index is 0.0103. The number of nitrogens with zero attached hydrogens (tertiary/aromatic N) is 1. The van der Waals surface area contributed by atoms with E-state index in [0.29, 0.717) is 10.6 Å². The Morgan fingerprint density at radius 3 is 2.36 bits per heavy atom. The van der Waals surface area contributed by atoms with Crippen LogP contribution in [-0.4, -0.2) is 28.7 Å². The molecule has 1 aliphatic heterocycles. The molecule has 0 N–H and O–H groups in total. The van der Waals surface area contributed by atoms with Gasteiger partial charge in [0.2, 0.25) is 11.2 Å². The highest BCUT2D eigenvalue weighted by atomic mass is 35.5. The lowest BCUT2D eigenvalue weighted by atomic mass is 9.94. The smallest absolute Gasteiger partial charge is 0.343 e. The van der Waals surface area contributed by atoms with Crippen LogP contribution >= 0.6 is 23.2 Å². The molecule has 1 fully saturated rings. The third-order valence-electron chi connectivity index (χ3n) is 7.22. The van der Waals surface area contributed by atoms with E-state index in [2.05, 4.69) is 0 Å². The highest BCUT2D eigenvalue weighted by Crippen LogP contribution is 2.37. The third kappa shape index (κ3) is 4.41. The summed E-state index contributed by atoms with van der Waals surface area (Å²) in [6.07, 6.45) is 4.55. The first-order valence-electron chi connectivity index (χ1n) is 12.6. The molecule has 7 nitrogen and oxygen atoms in total. The molecule has 0 unspecified atom stereocenters. The molecule has 1 aromatic heterocycles. The Bertz CT molecular complexity index is 1740. The number of hydrogen-bond donors (Lipinski definition) is 0. The van der Waals surface area contributed by atoms with Gasteiger partial charge in [0.1, 0.15) is 5.58 Å². The van der Waals surface area contributed by atoms with Crippen LogP contribution < -0.4 is 10.2 Å². The number of fused-ring (bicyclic) bond motifs is 2. The van der Waals surface area contributed by atoms with Gasteiger partial charge in [-0.15, -0.1) is 0 Å². The van der Waals surface area contributed by atoms with Crippen LogP contribution in [0.3, 0.4) is 0 Å². The second-order valence-corrected chi connectivity index (χ2v) is 10.5. The third-order valence-corrected chi connectivity index (χ3v) is 7.78. The standard InChI is InChI=1S/C30H21Cl2NO6/c31-17-11-13-24-22(15-17)25(34)27(26(38-24)20-8-4-5-9-23(20)32)39-30(37)16-10-12-19-21(14-16)29(36)33(28(19)35)18-6-2-1-3-7-18/h4-5,8-15,18H,1-3,6-7H2. The van der Waals surface area contributed by atoms with Crippen LogP contribution in [0.15, 0.2) is 69.9 Å². The lowest BCUT2D eigenvalue weighted by molar-refractivity contribution is 0.0548. The first kappa shape index (κ1) is 25.3. The number of imide groups is 1. The number of hydrogen-bond acceptors (Lipinski definition) is 6. The Kier molecular flexibility index (Phi) is 6.49.